The Morgan fingerprint density at radius 2 is 1.85 bits per heavy atom. The zero-order valence-corrected chi connectivity index (χ0v) is 15.3. The average molecular weight is 370 g/mol. The van der Waals surface area contributed by atoms with E-state index in [1.54, 1.807) is 41.3 Å². The molecule has 1 saturated heterocycles. The molecule has 0 spiro atoms. The summed E-state index contributed by atoms with van der Waals surface area (Å²) < 4.78 is 18.3. The van der Waals surface area contributed by atoms with Gasteiger partial charge in [-0.2, -0.15) is 0 Å². The molecule has 6 heteroatoms. The standard InChI is InChI=1S/C21H23FN2O3/c1-15-14-24(12-13-27-15)21(26)17-5-9-19(10-6-17)23-20(25)11-4-16-2-7-18(22)8-3-16/h2-3,5-10,15H,4,11-14H2,1H3,(H,23,25). The molecular formula is C21H23FN2O3. The Labute approximate surface area is 158 Å². The number of ether oxygens (including phenoxy) is 1. The number of carbonyl (C=O) groups is 2. The maximum Gasteiger partial charge on any atom is 0.254 e. The molecule has 1 unspecified atom stereocenters. The van der Waals surface area contributed by atoms with Gasteiger partial charge in [0.15, 0.2) is 0 Å². The molecule has 0 aromatic heterocycles. The van der Waals surface area contributed by atoms with Crippen LogP contribution in [0.1, 0.15) is 29.3 Å². The molecule has 2 aromatic carbocycles. The Morgan fingerprint density at radius 3 is 2.52 bits per heavy atom. The smallest absolute Gasteiger partial charge is 0.254 e. The van der Waals surface area contributed by atoms with E-state index in [4.69, 9.17) is 4.74 Å². The van der Waals surface area contributed by atoms with Crippen LogP contribution in [0, 0.1) is 5.82 Å². The van der Waals surface area contributed by atoms with Gasteiger partial charge in [0.2, 0.25) is 5.91 Å². The number of hydrogen-bond donors (Lipinski definition) is 1. The molecule has 1 fully saturated rings. The number of rotatable bonds is 5. The van der Waals surface area contributed by atoms with Crippen LogP contribution in [0.5, 0.6) is 0 Å². The zero-order chi connectivity index (χ0) is 19.2. The van der Waals surface area contributed by atoms with E-state index in [9.17, 15) is 14.0 Å². The normalized spacial score (nSPS) is 16.8. The largest absolute Gasteiger partial charge is 0.375 e. The summed E-state index contributed by atoms with van der Waals surface area (Å²) in [5.41, 5.74) is 2.15. The molecule has 0 aliphatic carbocycles. The second-order valence-corrected chi connectivity index (χ2v) is 6.68. The van der Waals surface area contributed by atoms with Crippen molar-refractivity contribution in [1.82, 2.24) is 4.90 Å². The number of benzene rings is 2. The molecule has 1 aliphatic heterocycles. The summed E-state index contributed by atoms with van der Waals surface area (Å²) in [7, 11) is 0. The van der Waals surface area contributed by atoms with Gasteiger partial charge >= 0.3 is 0 Å². The zero-order valence-electron chi connectivity index (χ0n) is 15.3. The van der Waals surface area contributed by atoms with Gasteiger partial charge < -0.3 is 15.0 Å². The fourth-order valence-electron chi connectivity index (χ4n) is 3.01. The van der Waals surface area contributed by atoms with Gasteiger partial charge in [-0.1, -0.05) is 12.1 Å². The molecule has 2 amide bonds. The Morgan fingerprint density at radius 1 is 1.15 bits per heavy atom. The van der Waals surface area contributed by atoms with Gasteiger partial charge in [0.25, 0.3) is 5.91 Å². The van der Waals surface area contributed by atoms with Crippen LogP contribution in [0.4, 0.5) is 10.1 Å². The molecule has 2 aromatic rings. The minimum Gasteiger partial charge on any atom is -0.375 e. The maximum atomic E-state index is 12.9. The third-order valence-corrected chi connectivity index (χ3v) is 4.50. The van der Waals surface area contributed by atoms with Crippen molar-refractivity contribution >= 4 is 17.5 Å². The quantitative estimate of drug-likeness (QED) is 0.879. The van der Waals surface area contributed by atoms with E-state index in [1.165, 1.54) is 12.1 Å². The van der Waals surface area contributed by atoms with Crippen molar-refractivity contribution in [1.29, 1.82) is 0 Å². The minimum atomic E-state index is -0.288. The Kier molecular flexibility index (Phi) is 6.19. The van der Waals surface area contributed by atoms with Crippen molar-refractivity contribution < 1.29 is 18.7 Å². The van der Waals surface area contributed by atoms with Crippen molar-refractivity contribution in [2.45, 2.75) is 25.9 Å². The number of carbonyl (C=O) groups excluding carboxylic acids is 2. The van der Waals surface area contributed by atoms with Crippen LogP contribution in [0.15, 0.2) is 48.5 Å². The summed E-state index contributed by atoms with van der Waals surface area (Å²) in [6.45, 7) is 3.67. The van der Waals surface area contributed by atoms with Crippen LogP contribution < -0.4 is 5.32 Å². The second kappa shape index (κ2) is 8.77. The second-order valence-electron chi connectivity index (χ2n) is 6.68. The van der Waals surface area contributed by atoms with Gasteiger partial charge in [-0.3, -0.25) is 9.59 Å². The number of anilines is 1. The first kappa shape index (κ1) is 19.0. The fourth-order valence-corrected chi connectivity index (χ4v) is 3.01. The van der Waals surface area contributed by atoms with Crippen LogP contribution in [0.3, 0.4) is 0 Å². The highest BCUT2D eigenvalue weighted by atomic mass is 19.1. The molecular weight excluding hydrogens is 347 g/mol. The lowest BCUT2D eigenvalue weighted by Gasteiger charge is -2.31. The highest BCUT2D eigenvalue weighted by Gasteiger charge is 2.22. The van der Waals surface area contributed by atoms with Crippen molar-refractivity contribution in [3.05, 3.63) is 65.5 Å². The predicted molar refractivity (Wildman–Crippen MR) is 101 cm³/mol. The number of hydrogen-bond acceptors (Lipinski definition) is 3. The van der Waals surface area contributed by atoms with Crippen LogP contribution >= 0.6 is 0 Å². The third kappa shape index (κ3) is 5.37. The highest BCUT2D eigenvalue weighted by Crippen LogP contribution is 2.15. The molecule has 142 valence electrons. The number of amides is 2. The van der Waals surface area contributed by atoms with Crippen LogP contribution in [0.2, 0.25) is 0 Å². The first-order valence-electron chi connectivity index (χ1n) is 9.06. The van der Waals surface area contributed by atoms with Gasteiger partial charge in [0, 0.05) is 30.8 Å². The minimum absolute atomic E-state index is 0.0284. The van der Waals surface area contributed by atoms with Gasteiger partial charge in [-0.25, -0.2) is 4.39 Å². The van der Waals surface area contributed by atoms with Crippen LogP contribution in [-0.4, -0.2) is 42.5 Å². The summed E-state index contributed by atoms with van der Waals surface area (Å²) in [6, 6.07) is 13.0. The van der Waals surface area contributed by atoms with Crippen molar-refractivity contribution in [2.24, 2.45) is 0 Å². The fraction of sp³-hybridized carbons (Fsp3) is 0.333. The molecule has 0 radical (unpaired) electrons. The molecule has 0 saturated carbocycles. The van der Waals surface area contributed by atoms with E-state index in [-0.39, 0.29) is 23.7 Å². The van der Waals surface area contributed by atoms with Gasteiger partial charge in [-0.15, -0.1) is 0 Å². The number of morpholine rings is 1. The summed E-state index contributed by atoms with van der Waals surface area (Å²) >= 11 is 0. The topological polar surface area (TPSA) is 58.6 Å². The molecule has 3 rings (SSSR count). The number of halogens is 1. The van der Waals surface area contributed by atoms with Gasteiger partial charge in [-0.05, 0) is 55.3 Å². The van der Waals surface area contributed by atoms with E-state index in [2.05, 4.69) is 5.32 Å². The van der Waals surface area contributed by atoms with E-state index in [0.29, 0.717) is 43.8 Å². The van der Waals surface area contributed by atoms with Crippen molar-refractivity contribution in [3.8, 4) is 0 Å². The summed E-state index contributed by atoms with van der Waals surface area (Å²) in [6.07, 6.45) is 0.887. The molecule has 27 heavy (non-hydrogen) atoms. The Bertz CT molecular complexity index is 790. The van der Waals surface area contributed by atoms with Gasteiger partial charge in [0.1, 0.15) is 5.82 Å². The number of nitrogens with one attached hydrogen (secondary N) is 1. The van der Waals surface area contributed by atoms with Crippen molar-refractivity contribution in [3.63, 3.8) is 0 Å². The van der Waals surface area contributed by atoms with E-state index >= 15 is 0 Å². The predicted octanol–water partition coefficient (Wildman–Crippen LogP) is 3.26. The van der Waals surface area contributed by atoms with E-state index in [1.807, 2.05) is 6.92 Å². The molecule has 1 aliphatic rings. The summed E-state index contributed by atoms with van der Waals surface area (Å²) in [5, 5.41) is 2.82. The molecule has 0 bridgehead atoms. The molecule has 1 atom stereocenters. The van der Waals surface area contributed by atoms with E-state index < -0.39 is 0 Å². The number of aryl methyl sites for hydroxylation is 1. The van der Waals surface area contributed by atoms with Crippen molar-refractivity contribution in [2.75, 3.05) is 25.0 Å². The lowest BCUT2D eigenvalue weighted by molar-refractivity contribution is -0.116. The third-order valence-electron chi connectivity index (χ3n) is 4.50. The number of nitrogens with zero attached hydrogens (tertiary/aromatic N) is 1. The van der Waals surface area contributed by atoms with E-state index in [0.717, 1.165) is 5.56 Å². The lowest BCUT2D eigenvalue weighted by Crippen LogP contribution is -2.44. The molecule has 1 N–H and O–H groups in total. The lowest BCUT2D eigenvalue weighted by atomic mass is 10.1. The maximum absolute atomic E-state index is 12.9. The SMILES string of the molecule is CC1CN(C(=O)c2ccc(NC(=O)CCc3ccc(F)cc3)cc2)CCO1. The first-order chi connectivity index (χ1) is 13.0. The summed E-state index contributed by atoms with van der Waals surface area (Å²) in [5.74, 6) is -0.441. The first-order valence-corrected chi connectivity index (χ1v) is 9.06. The van der Waals surface area contributed by atoms with Gasteiger partial charge in [0.05, 0.1) is 12.7 Å². The Balaban J connectivity index is 1.51. The summed E-state index contributed by atoms with van der Waals surface area (Å²) in [4.78, 5) is 26.4. The van der Waals surface area contributed by atoms with Crippen LogP contribution in [0.25, 0.3) is 0 Å². The average Bonchev–Trinajstić information content (AvgIpc) is 2.67. The monoisotopic (exact) mass is 370 g/mol. The Hall–Kier alpha value is -2.73. The van der Waals surface area contributed by atoms with Crippen LogP contribution in [-0.2, 0) is 16.0 Å². The molecule has 5 nitrogen and oxygen atoms in total. The molecule has 1 heterocycles. The highest BCUT2D eigenvalue weighted by molar-refractivity contribution is 5.96.